The van der Waals surface area contributed by atoms with Crippen molar-refractivity contribution in [1.82, 2.24) is 14.9 Å². The third kappa shape index (κ3) is 4.82. The summed E-state index contributed by atoms with van der Waals surface area (Å²) in [6.07, 6.45) is 1.69. The van der Waals surface area contributed by atoms with Crippen LogP contribution in [0.3, 0.4) is 0 Å². The van der Waals surface area contributed by atoms with Crippen molar-refractivity contribution in [1.29, 1.82) is 0 Å². The molecule has 1 fully saturated rings. The van der Waals surface area contributed by atoms with Crippen LogP contribution in [0.25, 0.3) is 11.0 Å². The SMILES string of the molecule is CC(C)(C)C(=O)N1CCC(C(=O)Nc2ccc3nc(Cc4ccccc4F)[nH]c3c2)CC1. The number of halogens is 1. The number of amides is 2. The zero-order valence-corrected chi connectivity index (χ0v) is 18.7. The number of aromatic nitrogens is 2. The lowest BCUT2D eigenvalue weighted by Gasteiger charge is -2.35. The van der Waals surface area contributed by atoms with Crippen LogP contribution in [0.4, 0.5) is 10.1 Å². The Hall–Kier alpha value is -3.22. The predicted molar refractivity (Wildman–Crippen MR) is 123 cm³/mol. The lowest BCUT2D eigenvalue weighted by Crippen LogP contribution is -2.45. The molecule has 0 unspecified atom stereocenters. The number of aromatic amines is 1. The Morgan fingerprint density at radius 1 is 1.16 bits per heavy atom. The van der Waals surface area contributed by atoms with Gasteiger partial charge in [0.15, 0.2) is 0 Å². The number of carbonyl (C=O) groups is 2. The molecule has 2 N–H and O–H groups in total. The van der Waals surface area contributed by atoms with Gasteiger partial charge < -0.3 is 15.2 Å². The highest BCUT2D eigenvalue weighted by atomic mass is 19.1. The second-order valence-electron chi connectivity index (χ2n) is 9.49. The average molecular weight is 437 g/mol. The minimum absolute atomic E-state index is 0.0293. The van der Waals surface area contributed by atoms with Gasteiger partial charge in [-0.1, -0.05) is 39.0 Å². The maximum absolute atomic E-state index is 13.9. The molecular weight excluding hydrogens is 407 g/mol. The lowest BCUT2D eigenvalue weighted by atomic mass is 9.90. The van der Waals surface area contributed by atoms with Crippen molar-refractivity contribution in [2.24, 2.45) is 11.3 Å². The molecule has 0 radical (unpaired) electrons. The highest BCUT2D eigenvalue weighted by molar-refractivity contribution is 5.94. The topological polar surface area (TPSA) is 78.1 Å². The van der Waals surface area contributed by atoms with E-state index in [1.54, 1.807) is 18.2 Å². The van der Waals surface area contributed by atoms with Crippen molar-refractivity contribution < 1.29 is 14.0 Å². The first-order valence-corrected chi connectivity index (χ1v) is 11.0. The number of hydrogen-bond acceptors (Lipinski definition) is 3. The van der Waals surface area contributed by atoms with Crippen molar-refractivity contribution in [2.75, 3.05) is 18.4 Å². The highest BCUT2D eigenvalue weighted by Gasteiger charge is 2.32. The molecule has 168 valence electrons. The molecular formula is C25H29FN4O2. The molecule has 4 rings (SSSR count). The third-order valence-corrected chi connectivity index (χ3v) is 5.91. The molecule has 0 spiro atoms. The molecule has 2 aromatic carbocycles. The summed E-state index contributed by atoms with van der Waals surface area (Å²) in [6, 6.07) is 12.2. The van der Waals surface area contributed by atoms with Crippen LogP contribution in [0.1, 0.15) is 45.0 Å². The van der Waals surface area contributed by atoms with Gasteiger partial charge in [-0.15, -0.1) is 0 Å². The summed E-state index contributed by atoms with van der Waals surface area (Å²) in [6.45, 7) is 6.96. The van der Waals surface area contributed by atoms with Crippen molar-refractivity contribution in [3.05, 3.63) is 59.7 Å². The van der Waals surface area contributed by atoms with Crippen LogP contribution < -0.4 is 5.32 Å². The maximum atomic E-state index is 13.9. The van der Waals surface area contributed by atoms with Gasteiger partial charge in [0.1, 0.15) is 11.6 Å². The van der Waals surface area contributed by atoms with E-state index in [1.165, 1.54) is 6.07 Å². The monoisotopic (exact) mass is 436 g/mol. The minimum Gasteiger partial charge on any atom is -0.342 e. The maximum Gasteiger partial charge on any atom is 0.227 e. The Morgan fingerprint density at radius 2 is 1.88 bits per heavy atom. The van der Waals surface area contributed by atoms with Gasteiger partial charge in [-0.25, -0.2) is 9.37 Å². The normalized spacial score (nSPS) is 15.2. The Bertz CT molecular complexity index is 1140. The van der Waals surface area contributed by atoms with Gasteiger partial charge in [-0.2, -0.15) is 0 Å². The van der Waals surface area contributed by atoms with Crippen LogP contribution in [0, 0.1) is 17.2 Å². The van der Waals surface area contributed by atoms with Crippen molar-refractivity contribution >= 4 is 28.5 Å². The van der Waals surface area contributed by atoms with E-state index in [1.807, 2.05) is 43.9 Å². The number of nitrogens with zero attached hydrogens (tertiary/aromatic N) is 2. The first kappa shape index (κ1) is 22.0. The van der Waals surface area contributed by atoms with E-state index in [-0.39, 0.29) is 23.5 Å². The number of carbonyl (C=O) groups excluding carboxylic acids is 2. The number of imidazole rings is 1. The molecule has 1 aromatic heterocycles. The zero-order chi connectivity index (χ0) is 22.9. The van der Waals surface area contributed by atoms with Crippen LogP contribution >= 0.6 is 0 Å². The molecule has 2 amide bonds. The van der Waals surface area contributed by atoms with Gasteiger partial charge in [-0.3, -0.25) is 9.59 Å². The Kier molecular flexibility index (Phi) is 6.00. The van der Waals surface area contributed by atoms with Gasteiger partial charge in [0.25, 0.3) is 0 Å². The van der Waals surface area contributed by atoms with Gasteiger partial charge in [0.05, 0.1) is 11.0 Å². The highest BCUT2D eigenvalue weighted by Crippen LogP contribution is 2.25. The van der Waals surface area contributed by atoms with Crippen LogP contribution in [0.2, 0.25) is 0 Å². The number of H-pyrrole nitrogens is 1. The second-order valence-corrected chi connectivity index (χ2v) is 9.49. The number of rotatable bonds is 4. The van der Waals surface area contributed by atoms with Crippen molar-refractivity contribution in [3.63, 3.8) is 0 Å². The third-order valence-electron chi connectivity index (χ3n) is 5.91. The summed E-state index contributed by atoms with van der Waals surface area (Å²) in [7, 11) is 0. The molecule has 0 bridgehead atoms. The first-order chi connectivity index (χ1) is 15.2. The zero-order valence-electron chi connectivity index (χ0n) is 18.7. The summed E-state index contributed by atoms with van der Waals surface area (Å²) in [5.41, 5.74) is 2.43. The Morgan fingerprint density at radius 3 is 2.56 bits per heavy atom. The Labute approximate surface area is 187 Å². The summed E-state index contributed by atoms with van der Waals surface area (Å²) >= 11 is 0. The molecule has 6 nitrogen and oxygen atoms in total. The average Bonchev–Trinajstić information content (AvgIpc) is 3.16. The van der Waals surface area contributed by atoms with Gasteiger partial charge in [0.2, 0.25) is 11.8 Å². The minimum atomic E-state index is -0.403. The van der Waals surface area contributed by atoms with E-state index >= 15 is 0 Å². The van der Waals surface area contributed by atoms with Gasteiger partial charge >= 0.3 is 0 Å². The van der Waals surface area contributed by atoms with E-state index < -0.39 is 5.41 Å². The Balaban J connectivity index is 1.39. The number of benzene rings is 2. The number of fused-ring (bicyclic) bond motifs is 1. The molecule has 1 aliphatic heterocycles. The fourth-order valence-corrected chi connectivity index (χ4v) is 4.11. The predicted octanol–water partition coefficient (Wildman–Crippen LogP) is 4.52. The van der Waals surface area contributed by atoms with E-state index in [2.05, 4.69) is 15.3 Å². The standard InChI is InChI=1S/C25H29FN4O2/c1-25(2,3)24(32)30-12-10-16(11-13-30)23(31)27-18-8-9-20-21(15-18)29-22(28-20)14-17-6-4-5-7-19(17)26/h4-9,15-16H,10-14H2,1-3H3,(H,27,31)(H,28,29). The second kappa shape index (κ2) is 8.73. The molecule has 0 atom stereocenters. The molecule has 2 heterocycles. The van der Waals surface area contributed by atoms with Crippen LogP contribution in [-0.4, -0.2) is 39.8 Å². The van der Waals surface area contributed by atoms with E-state index in [4.69, 9.17) is 0 Å². The molecule has 0 aliphatic carbocycles. The number of piperidine rings is 1. The smallest absolute Gasteiger partial charge is 0.227 e. The molecule has 0 saturated carbocycles. The molecule has 32 heavy (non-hydrogen) atoms. The van der Waals surface area contributed by atoms with E-state index in [0.29, 0.717) is 49.4 Å². The number of nitrogens with one attached hydrogen (secondary N) is 2. The van der Waals surface area contributed by atoms with E-state index in [9.17, 15) is 14.0 Å². The number of likely N-dealkylation sites (tertiary alicyclic amines) is 1. The fraction of sp³-hybridized carbons (Fsp3) is 0.400. The van der Waals surface area contributed by atoms with Crippen LogP contribution in [0.5, 0.6) is 0 Å². The summed E-state index contributed by atoms with van der Waals surface area (Å²) in [4.78, 5) is 34.8. The van der Waals surface area contributed by atoms with Gasteiger partial charge in [-0.05, 0) is 42.7 Å². The number of anilines is 1. The quantitative estimate of drug-likeness (QED) is 0.631. The molecule has 3 aromatic rings. The molecule has 7 heteroatoms. The summed E-state index contributed by atoms with van der Waals surface area (Å²) < 4.78 is 13.9. The summed E-state index contributed by atoms with van der Waals surface area (Å²) in [5, 5.41) is 3.00. The van der Waals surface area contributed by atoms with E-state index in [0.717, 1.165) is 11.0 Å². The lowest BCUT2D eigenvalue weighted by molar-refractivity contribution is -0.142. The number of hydrogen-bond donors (Lipinski definition) is 2. The van der Waals surface area contributed by atoms with Crippen molar-refractivity contribution in [3.8, 4) is 0 Å². The van der Waals surface area contributed by atoms with Crippen LogP contribution in [-0.2, 0) is 16.0 Å². The van der Waals surface area contributed by atoms with Crippen molar-refractivity contribution in [2.45, 2.75) is 40.0 Å². The first-order valence-electron chi connectivity index (χ1n) is 11.0. The van der Waals surface area contributed by atoms with Gasteiger partial charge in [0, 0.05) is 36.5 Å². The fourth-order valence-electron chi connectivity index (χ4n) is 4.11. The molecule has 1 aliphatic rings. The summed E-state index contributed by atoms with van der Waals surface area (Å²) in [5.74, 6) is 0.402. The molecule has 1 saturated heterocycles. The van der Waals surface area contributed by atoms with Crippen LogP contribution in [0.15, 0.2) is 42.5 Å². The largest absolute Gasteiger partial charge is 0.342 e.